The highest BCUT2D eigenvalue weighted by Crippen LogP contribution is 2.16. The van der Waals surface area contributed by atoms with Crippen molar-refractivity contribution in [3.05, 3.63) is 17.4 Å². The minimum Gasteiger partial charge on any atom is -0.131 e. The maximum Gasteiger partial charge on any atom is 0.00548 e. The van der Waals surface area contributed by atoms with Crippen molar-refractivity contribution in [3.8, 4) is 0 Å². The molecule has 1 aromatic heterocycles. The number of hydrogen-bond acceptors (Lipinski definition) is 0. The minimum absolute atomic E-state index is 0.838. The van der Waals surface area contributed by atoms with Gasteiger partial charge in [-0.15, -0.1) is 8.19 Å². The van der Waals surface area contributed by atoms with Crippen LogP contribution in [0.5, 0.6) is 0 Å². The van der Waals surface area contributed by atoms with Crippen LogP contribution in [-0.2, 0) is 6.42 Å². The Morgan fingerprint density at radius 2 is 1.73 bits per heavy atom. The highest BCUT2D eigenvalue weighted by molar-refractivity contribution is 7.51. The van der Waals surface area contributed by atoms with Crippen molar-refractivity contribution in [2.75, 3.05) is 0 Å². The number of rotatable bonds is 8. The summed E-state index contributed by atoms with van der Waals surface area (Å²) in [5, 5.41) is 1.32. The topological polar surface area (TPSA) is 0 Å². The third-order valence-electron chi connectivity index (χ3n) is 2.86. The number of unbranched alkanes of at least 4 members (excludes halogenated alkanes) is 6. The number of aryl methyl sites for hydroxylation is 1. The molecule has 0 aliphatic heterocycles. The Hall–Kier alpha value is 0.210. The summed E-state index contributed by atoms with van der Waals surface area (Å²) in [6, 6.07) is 2.26. The summed E-state index contributed by atoms with van der Waals surface area (Å²) in [6.07, 6.45) is 11.0. The van der Waals surface area contributed by atoms with E-state index in [9.17, 15) is 0 Å². The average molecular weight is 240 g/mol. The molecule has 2 heteroatoms. The smallest absolute Gasteiger partial charge is 0.00548 e. The largest absolute Gasteiger partial charge is 0.131 e. The Morgan fingerprint density at radius 1 is 1.07 bits per heavy atom. The van der Waals surface area contributed by atoms with E-state index < -0.39 is 0 Å². The molecule has 0 fully saturated rings. The summed E-state index contributed by atoms with van der Waals surface area (Å²) >= 11 is 0. The lowest BCUT2D eigenvalue weighted by molar-refractivity contribution is 0.590. The van der Waals surface area contributed by atoms with Gasteiger partial charge in [-0.05, 0) is 33.4 Å². The molecule has 0 N–H and O–H groups in total. The quantitative estimate of drug-likeness (QED) is 0.440. The van der Waals surface area contributed by atoms with Crippen LogP contribution in [-0.4, -0.2) is 0 Å². The van der Waals surface area contributed by atoms with E-state index in [1.54, 1.807) is 0 Å². The van der Waals surface area contributed by atoms with E-state index in [4.69, 9.17) is 0 Å². The Balaban J connectivity index is 1.96. The standard InChI is InChI=1S/C13H22P2/c1-2-3-4-5-6-7-8-9-12-10-11-15-13(12)14/h10-11,15H,2-9H2,1H3. The fourth-order valence-electron chi connectivity index (χ4n) is 1.87. The molecule has 0 saturated carbocycles. The van der Waals surface area contributed by atoms with E-state index in [-0.39, 0.29) is 0 Å². The van der Waals surface area contributed by atoms with Gasteiger partial charge in [0.1, 0.15) is 0 Å². The molecule has 1 unspecified atom stereocenters. The van der Waals surface area contributed by atoms with Gasteiger partial charge in [-0.25, -0.2) is 0 Å². The van der Waals surface area contributed by atoms with Crippen molar-refractivity contribution < 1.29 is 0 Å². The van der Waals surface area contributed by atoms with Gasteiger partial charge in [-0.1, -0.05) is 51.5 Å². The van der Waals surface area contributed by atoms with Gasteiger partial charge in [0.15, 0.2) is 0 Å². The first-order chi connectivity index (χ1) is 7.34. The van der Waals surface area contributed by atoms with Crippen LogP contribution in [0.15, 0.2) is 11.9 Å². The predicted octanol–water partition coefficient (Wildman–Crippen LogP) is 5.05. The third-order valence-corrected chi connectivity index (χ3v) is 4.46. The first kappa shape index (κ1) is 13.3. The van der Waals surface area contributed by atoms with Gasteiger partial charge >= 0.3 is 0 Å². The molecule has 15 heavy (non-hydrogen) atoms. The summed E-state index contributed by atoms with van der Waals surface area (Å²) in [6.45, 7) is 2.27. The second-order valence-electron chi connectivity index (χ2n) is 4.22. The van der Waals surface area contributed by atoms with Gasteiger partial charge in [0.25, 0.3) is 0 Å². The Bertz CT molecular complexity index is 253. The molecule has 0 nitrogen and oxygen atoms in total. The third kappa shape index (κ3) is 5.74. The molecular formula is C13H22P2. The molecule has 1 atom stereocenters. The van der Waals surface area contributed by atoms with E-state index in [2.05, 4.69) is 28.0 Å². The van der Waals surface area contributed by atoms with E-state index in [1.165, 1.54) is 62.0 Å². The van der Waals surface area contributed by atoms with Crippen LogP contribution >= 0.6 is 17.4 Å². The zero-order valence-corrected chi connectivity index (χ0v) is 11.7. The first-order valence-corrected chi connectivity index (χ1v) is 7.72. The van der Waals surface area contributed by atoms with Gasteiger partial charge in [0, 0.05) is 5.04 Å². The second-order valence-corrected chi connectivity index (χ2v) is 6.21. The SMILES string of the molecule is CCCCCCCCCc1cc[pH]c1[P]. The zero-order valence-electron chi connectivity index (χ0n) is 9.76. The molecule has 0 aliphatic rings. The highest BCUT2D eigenvalue weighted by atomic mass is 31.1. The molecule has 0 bridgehead atoms. The maximum atomic E-state index is 4.49. The van der Waals surface area contributed by atoms with Crippen molar-refractivity contribution in [2.45, 2.75) is 58.3 Å². The molecule has 84 valence electrons. The molecule has 0 spiro atoms. The van der Waals surface area contributed by atoms with Crippen LogP contribution < -0.4 is 5.04 Å². The fourth-order valence-corrected chi connectivity index (χ4v) is 3.11. The first-order valence-electron chi connectivity index (χ1n) is 6.19. The summed E-state index contributed by atoms with van der Waals surface area (Å²) in [5.41, 5.74) is 1.49. The monoisotopic (exact) mass is 240 g/mol. The fraction of sp³-hybridized carbons (Fsp3) is 0.692. The lowest BCUT2D eigenvalue weighted by Crippen LogP contribution is -1.93. The molecule has 1 heterocycles. The lowest BCUT2D eigenvalue weighted by atomic mass is 10.1. The normalized spacial score (nSPS) is 11.3. The van der Waals surface area contributed by atoms with Crippen molar-refractivity contribution in [1.29, 1.82) is 0 Å². The maximum absolute atomic E-state index is 4.49. The van der Waals surface area contributed by atoms with Crippen molar-refractivity contribution in [2.24, 2.45) is 0 Å². The van der Waals surface area contributed by atoms with Crippen molar-refractivity contribution >= 4 is 22.5 Å². The molecule has 1 rings (SSSR count). The minimum atomic E-state index is 0.838. The molecule has 1 aromatic rings. The van der Waals surface area contributed by atoms with Crippen LogP contribution in [0, 0.1) is 0 Å². The Labute approximate surface area is 98.5 Å². The van der Waals surface area contributed by atoms with Crippen molar-refractivity contribution in [3.63, 3.8) is 0 Å². The van der Waals surface area contributed by atoms with Gasteiger partial charge in [-0.3, -0.25) is 0 Å². The molecular weight excluding hydrogens is 218 g/mol. The van der Waals surface area contributed by atoms with Crippen LogP contribution in [0.1, 0.15) is 57.4 Å². The lowest BCUT2D eigenvalue weighted by Gasteiger charge is -2.01. The zero-order chi connectivity index (χ0) is 10.9. The molecule has 0 aliphatic carbocycles. The van der Waals surface area contributed by atoms with E-state index in [1.807, 2.05) is 0 Å². The predicted molar refractivity (Wildman–Crippen MR) is 74.2 cm³/mol. The summed E-state index contributed by atoms with van der Waals surface area (Å²) in [4.78, 5) is 0. The summed E-state index contributed by atoms with van der Waals surface area (Å²) < 4.78 is 0. The Morgan fingerprint density at radius 3 is 2.33 bits per heavy atom. The molecule has 0 saturated heterocycles. The summed E-state index contributed by atoms with van der Waals surface area (Å²) in [5.74, 6) is 2.25. The van der Waals surface area contributed by atoms with Crippen LogP contribution in [0.4, 0.5) is 0 Å². The molecule has 2 radical (unpaired) electrons. The molecule has 0 aromatic carbocycles. The van der Waals surface area contributed by atoms with Gasteiger partial charge in [-0.2, -0.15) is 0 Å². The molecule has 0 amide bonds. The van der Waals surface area contributed by atoms with E-state index in [0.29, 0.717) is 0 Å². The van der Waals surface area contributed by atoms with Crippen LogP contribution in [0.2, 0.25) is 0 Å². The van der Waals surface area contributed by atoms with Crippen LogP contribution in [0.25, 0.3) is 0 Å². The van der Waals surface area contributed by atoms with Gasteiger partial charge in [0.2, 0.25) is 0 Å². The Kier molecular flexibility index (Phi) is 7.41. The van der Waals surface area contributed by atoms with E-state index >= 15 is 0 Å². The van der Waals surface area contributed by atoms with Crippen molar-refractivity contribution in [1.82, 2.24) is 0 Å². The van der Waals surface area contributed by atoms with Gasteiger partial charge < -0.3 is 0 Å². The summed E-state index contributed by atoms with van der Waals surface area (Å²) in [7, 11) is 5.33. The van der Waals surface area contributed by atoms with Gasteiger partial charge in [0.05, 0.1) is 0 Å². The highest BCUT2D eigenvalue weighted by Gasteiger charge is 1.98. The van der Waals surface area contributed by atoms with Crippen LogP contribution in [0.3, 0.4) is 0 Å². The average Bonchev–Trinajstić information content (AvgIpc) is 2.63. The second kappa shape index (κ2) is 8.37. The van der Waals surface area contributed by atoms with E-state index in [0.717, 1.165) is 8.19 Å². The number of hydrogen-bond donors (Lipinski definition) is 0.